The highest BCUT2D eigenvalue weighted by Gasteiger charge is 2.36. The van der Waals surface area contributed by atoms with E-state index in [1.54, 1.807) is 12.1 Å². The first-order valence-electron chi connectivity index (χ1n) is 9.21. The topological polar surface area (TPSA) is 49.4 Å². The fourth-order valence-corrected chi connectivity index (χ4v) is 3.52. The molecule has 4 rings (SSSR count). The van der Waals surface area contributed by atoms with Gasteiger partial charge < -0.3 is 10.2 Å². The zero-order valence-electron chi connectivity index (χ0n) is 15.4. The van der Waals surface area contributed by atoms with E-state index in [9.17, 15) is 18.4 Å². The number of carbonyl (C=O) groups is 2. The summed E-state index contributed by atoms with van der Waals surface area (Å²) in [7, 11) is 0. The number of nitrogens with zero attached hydrogens (tertiary/aromatic N) is 1. The summed E-state index contributed by atoms with van der Waals surface area (Å²) in [4.78, 5) is 27.5. The quantitative estimate of drug-likeness (QED) is 0.709. The van der Waals surface area contributed by atoms with Gasteiger partial charge >= 0.3 is 0 Å². The van der Waals surface area contributed by atoms with Crippen LogP contribution in [0.25, 0.3) is 0 Å². The monoisotopic (exact) mass is 392 g/mol. The van der Waals surface area contributed by atoms with Crippen molar-refractivity contribution in [3.63, 3.8) is 0 Å². The summed E-state index contributed by atoms with van der Waals surface area (Å²) in [5.41, 5.74) is 1.99. The molecule has 0 saturated heterocycles. The molecular formula is C23H18F2N2O2. The molecule has 146 valence electrons. The number of halogens is 2. The lowest BCUT2D eigenvalue weighted by molar-refractivity contribution is -0.120. The van der Waals surface area contributed by atoms with Crippen molar-refractivity contribution in [3.8, 4) is 0 Å². The molecule has 1 atom stereocenters. The molecule has 3 aromatic rings. The number of benzene rings is 3. The van der Waals surface area contributed by atoms with Crippen molar-refractivity contribution in [1.29, 1.82) is 0 Å². The molecule has 3 aromatic carbocycles. The predicted octanol–water partition coefficient (Wildman–Crippen LogP) is 4.17. The summed E-state index contributed by atoms with van der Waals surface area (Å²) < 4.78 is 27.5. The first-order valence-corrected chi connectivity index (χ1v) is 9.21. The first kappa shape index (κ1) is 18.8. The summed E-state index contributed by atoms with van der Waals surface area (Å²) >= 11 is 0. The number of nitrogens with one attached hydrogen (secondary N) is 1. The second kappa shape index (κ2) is 7.83. The van der Waals surface area contributed by atoms with Crippen LogP contribution in [-0.2, 0) is 17.8 Å². The van der Waals surface area contributed by atoms with Gasteiger partial charge in [-0.15, -0.1) is 0 Å². The normalized spacial score (nSPS) is 13.9. The van der Waals surface area contributed by atoms with Gasteiger partial charge in [0.2, 0.25) is 5.91 Å². The van der Waals surface area contributed by atoms with Crippen LogP contribution in [0.15, 0.2) is 72.8 Å². The smallest absolute Gasteiger partial charge is 0.255 e. The third-order valence-corrected chi connectivity index (χ3v) is 4.99. The van der Waals surface area contributed by atoms with Crippen molar-refractivity contribution in [1.82, 2.24) is 4.90 Å². The fraction of sp³-hybridized carbons (Fsp3) is 0.130. The second-order valence-corrected chi connectivity index (χ2v) is 6.91. The van der Waals surface area contributed by atoms with Crippen LogP contribution in [0.4, 0.5) is 14.5 Å². The lowest BCUT2D eigenvalue weighted by atomic mass is 10.0. The lowest BCUT2D eigenvalue weighted by Crippen LogP contribution is -2.45. The Hall–Kier alpha value is -3.54. The number of fused-ring (bicyclic) bond motifs is 1. The molecule has 1 aliphatic rings. The second-order valence-electron chi connectivity index (χ2n) is 6.91. The Morgan fingerprint density at radius 2 is 1.72 bits per heavy atom. The summed E-state index contributed by atoms with van der Waals surface area (Å²) in [6.45, 7) is 0.283. The standard InChI is InChI=1S/C23H18F2N2O2/c24-17-10-11-19(25)20(13-17)26-22(28)21(12-15-6-2-1-3-7-15)27-14-16-8-4-5-9-18(16)23(27)29/h1-11,13,21H,12,14H2,(H,26,28)/t21-/m0/s1. The van der Waals surface area contributed by atoms with Gasteiger partial charge in [0.25, 0.3) is 5.91 Å². The Bertz CT molecular complexity index is 1070. The van der Waals surface area contributed by atoms with Crippen molar-refractivity contribution >= 4 is 17.5 Å². The van der Waals surface area contributed by atoms with Gasteiger partial charge in [0.15, 0.2) is 0 Å². The molecule has 1 heterocycles. The highest BCUT2D eigenvalue weighted by Crippen LogP contribution is 2.27. The number of hydrogen-bond acceptors (Lipinski definition) is 2. The summed E-state index contributed by atoms with van der Waals surface area (Å²) in [5.74, 6) is -2.23. The molecule has 1 aliphatic heterocycles. The Kier molecular flexibility index (Phi) is 5.08. The van der Waals surface area contributed by atoms with Crippen molar-refractivity contribution in [2.45, 2.75) is 19.0 Å². The molecule has 0 saturated carbocycles. The minimum Gasteiger partial charge on any atom is -0.322 e. The number of hydrogen-bond donors (Lipinski definition) is 1. The van der Waals surface area contributed by atoms with Crippen molar-refractivity contribution in [3.05, 3.63) is 101 Å². The average Bonchev–Trinajstić information content (AvgIpc) is 3.06. The molecule has 0 fully saturated rings. The Balaban J connectivity index is 1.65. The van der Waals surface area contributed by atoms with Gasteiger partial charge in [0, 0.05) is 24.6 Å². The SMILES string of the molecule is O=C(Nc1cc(F)ccc1F)[C@H](Cc1ccccc1)N1Cc2ccccc2C1=O. The van der Waals surface area contributed by atoms with Crippen LogP contribution < -0.4 is 5.32 Å². The molecule has 2 amide bonds. The van der Waals surface area contributed by atoms with E-state index in [0.29, 0.717) is 5.56 Å². The van der Waals surface area contributed by atoms with Crippen LogP contribution in [0.2, 0.25) is 0 Å². The minimum absolute atomic E-state index is 0.253. The Labute approximate surface area is 166 Å². The molecule has 0 bridgehead atoms. The van der Waals surface area contributed by atoms with E-state index in [4.69, 9.17) is 0 Å². The summed E-state index contributed by atoms with van der Waals surface area (Å²) in [5, 5.41) is 2.45. The van der Waals surface area contributed by atoms with Gasteiger partial charge in [0.05, 0.1) is 5.69 Å². The van der Waals surface area contributed by atoms with Gasteiger partial charge in [-0.2, -0.15) is 0 Å². The Morgan fingerprint density at radius 3 is 2.48 bits per heavy atom. The van der Waals surface area contributed by atoms with Crippen molar-refractivity contribution in [2.24, 2.45) is 0 Å². The number of carbonyl (C=O) groups excluding carboxylic acids is 2. The highest BCUT2D eigenvalue weighted by molar-refractivity contribution is 6.03. The van der Waals surface area contributed by atoms with Gasteiger partial charge in [-0.25, -0.2) is 8.78 Å². The van der Waals surface area contributed by atoms with E-state index < -0.39 is 23.6 Å². The highest BCUT2D eigenvalue weighted by atomic mass is 19.1. The van der Waals surface area contributed by atoms with Crippen molar-refractivity contribution in [2.75, 3.05) is 5.32 Å². The van der Waals surface area contributed by atoms with E-state index in [1.807, 2.05) is 42.5 Å². The molecule has 0 radical (unpaired) electrons. The number of anilines is 1. The third-order valence-electron chi connectivity index (χ3n) is 4.99. The molecule has 29 heavy (non-hydrogen) atoms. The maximum atomic E-state index is 14.0. The van der Waals surface area contributed by atoms with E-state index in [2.05, 4.69) is 5.32 Å². The van der Waals surface area contributed by atoms with Crippen LogP contribution in [0.1, 0.15) is 21.5 Å². The molecule has 0 aromatic heterocycles. The van der Waals surface area contributed by atoms with E-state index in [-0.39, 0.29) is 24.6 Å². The maximum Gasteiger partial charge on any atom is 0.255 e. The van der Waals surface area contributed by atoms with E-state index >= 15 is 0 Å². The minimum atomic E-state index is -0.875. The van der Waals surface area contributed by atoms with Gasteiger partial charge in [-0.3, -0.25) is 9.59 Å². The zero-order valence-corrected chi connectivity index (χ0v) is 15.4. The van der Waals surface area contributed by atoms with Gasteiger partial charge in [0.1, 0.15) is 17.7 Å². The predicted molar refractivity (Wildman–Crippen MR) is 105 cm³/mol. The maximum absolute atomic E-state index is 14.0. The molecule has 0 aliphatic carbocycles. The fourth-order valence-electron chi connectivity index (χ4n) is 3.52. The van der Waals surface area contributed by atoms with E-state index in [0.717, 1.165) is 29.3 Å². The van der Waals surface area contributed by atoms with Crippen LogP contribution in [0.3, 0.4) is 0 Å². The molecule has 0 spiro atoms. The molecule has 4 nitrogen and oxygen atoms in total. The van der Waals surface area contributed by atoms with Gasteiger partial charge in [-0.1, -0.05) is 48.5 Å². The lowest BCUT2D eigenvalue weighted by Gasteiger charge is -2.27. The van der Waals surface area contributed by atoms with Crippen LogP contribution in [-0.4, -0.2) is 22.8 Å². The molecule has 1 N–H and O–H groups in total. The molecule has 6 heteroatoms. The largest absolute Gasteiger partial charge is 0.322 e. The third kappa shape index (κ3) is 3.87. The van der Waals surface area contributed by atoms with Crippen LogP contribution in [0, 0.1) is 11.6 Å². The van der Waals surface area contributed by atoms with Crippen LogP contribution in [0.5, 0.6) is 0 Å². The molecular weight excluding hydrogens is 374 g/mol. The van der Waals surface area contributed by atoms with E-state index in [1.165, 1.54) is 4.90 Å². The molecule has 0 unspecified atom stereocenters. The van der Waals surface area contributed by atoms with Crippen molar-refractivity contribution < 1.29 is 18.4 Å². The van der Waals surface area contributed by atoms with Crippen LogP contribution >= 0.6 is 0 Å². The Morgan fingerprint density at radius 1 is 1.00 bits per heavy atom. The summed E-state index contributed by atoms with van der Waals surface area (Å²) in [6, 6.07) is 18.4. The number of rotatable bonds is 5. The van der Waals surface area contributed by atoms with Gasteiger partial charge in [-0.05, 0) is 29.3 Å². The summed E-state index contributed by atoms with van der Waals surface area (Å²) in [6.07, 6.45) is 0.253. The average molecular weight is 392 g/mol. The number of amides is 2. The first-order chi connectivity index (χ1) is 14.0. The zero-order chi connectivity index (χ0) is 20.4.